The summed E-state index contributed by atoms with van der Waals surface area (Å²) in [6, 6.07) is 6.05. The van der Waals surface area contributed by atoms with E-state index in [1.54, 1.807) is 23.1 Å². The van der Waals surface area contributed by atoms with Crippen LogP contribution in [0.5, 0.6) is 0 Å². The first-order valence-electron chi connectivity index (χ1n) is 6.90. The Labute approximate surface area is 128 Å². The normalized spacial score (nSPS) is 16.4. The van der Waals surface area contributed by atoms with Crippen LogP contribution < -0.4 is 0 Å². The summed E-state index contributed by atoms with van der Waals surface area (Å²) < 4.78 is 28.0. The van der Waals surface area contributed by atoms with Crippen molar-refractivity contribution in [2.45, 2.75) is 18.4 Å². The molecule has 0 saturated carbocycles. The van der Waals surface area contributed by atoms with Crippen LogP contribution in [-0.2, 0) is 16.6 Å². The lowest BCUT2D eigenvalue weighted by atomic mass is 10.0. The Morgan fingerprint density at radius 1 is 1.27 bits per heavy atom. The Kier molecular flexibility index (Phi) is 3.79. The average molecular weight is 320 g/mol. The third-order valence-electron chi connectivity index (χ3n) is 3.73. The second kappa shape index (κ2) is 5.62. The number of carbonyl (C=O) groups is 1. The Balaban J connectivity index is 1.66. The van der Waals surface area contributed by atoms with Crippen LogP contribution >= 0.6 is 0 Å². The molecule has 2 aromatic rings. The van der Waals surface area contributed by atoms with Gasteiger partial charge >= 0.3 is 0 Å². The third kappa shape index (κ3) is 2.79. The molecule has 0 unspecified atom stereocenters. The van der Waals surface area contributed by atoms with Crippen molar-refractivity contribution in [1.29, 1.82) is 0 Å². The van der Waals surface area contributed by atoms with E-state index in [-0.39, 0.29) is 16.6 Å². The lowest BCUT2D eigenvalue weighted by Gasteiger charge is -2.37. The molecule has 1 aliphatic heterocycles. The monoisotopic (exact) mass is 320 g/mol. The van der Waals surface area contributed by atoms with Crippen molar-refractivity contribution in [1.82, 2.24) is 19.1 Å². The summed E-state index contributed by atoms with van der Waals surface area (Å²) >= 11 is 0. The zero-order valence-corrected chi connectivity index (χ0v) is 12.9. The highest BCUT2D eigenvalue weighted by Crippen LogP contribution is 2.26. The van der Waals surface area contributed by atoms with Crippen LogP contribution in [0, 0.1) is 5.92 Å². The van der Waals surface area contributed by atoms with Crippen LogP contribution in [0.2, 0.25) is 0 Å². The minimum atomic E-state index is -3.48. The molecule has 8 heteroatoms. The van der Waals surface area contributed by atoms with Crippen LogP contribution in [-0.4, -0.2) is 46.4 Å². The lowest BCUT2D eigenvalue weighted by Crippen LogP contribution is -2.51. The van der Waals surface area contributed by atoms with Gasteiger partial charge < -0.3 is 0 Å². The first-order chi connectivity index (χ1) is 10.5. The molecule has 0 N–H and O–H groups in total. The summed E-state index contributed by atoms with van der Waals surface area (Å²) in [4.78, 5) is 15.3. The van der Waals surface area contributed by atoms with Gasteiger partial charge in [-0.15, -0.1) is 0 Å². The van der Waals surface area contributed by atoms with Crippen molar-refractivity contribution in [3.8, 4) is 0 Å². The molecule has 0 spiro atoms. The second-order valence-corrected chi connectivity index (χ2v) is 7.32. The van der Waals surface area contributed by atoms with Crippen molar-refractivity contribution >= 4 is 15.8 Å². The van der Waals surface area contributed by atoms with Gasteiger partial charge in [-0.2, -0.15) is 9.40 Å². The smallest absolute Gasteiger partial charge is 0.243 e. The van der Waals surface area contributed by atoms with Crippen molar-refractivity contribution in [3.63, 3.8) is 0 Å². The molecule has 0 atom stereocenters. The van der Waals surface area contributed by atoms with E-state index in [1.807, 2.05) is 0 Å². The molecule has 116 valence electrons. The van der Waals surface area contributed by atoms with Gasteiger partial charge in [0.2, 0.25) is 10.0 Å². The van der Waals surface area contributed by atoms with Gasteiger partial charge in [0.15, 0.2) is 5.78 Å². The Hall–Kier alpha value is -2.06. The molecule has 1 aromatic heterocycles. The Morgan fingerprint density at radius 2 is 1.95 bits per heavy atom. The van der Waals surface area contributed by atoms with E-state index in [1.165, 1.54) is 29.7 Å². The topological polar surface area (TPSA) is 85.2 Å². The van der Waals surface area contributed by atoms with Crippen molar-refractivity contribution in [2.24, 2.45) is 5.92 Å². The average Bonchev–Trinajstić information content (AvgIpc) is 2.95. The van der Waals surface area contributed by atoms with E-state index in [0.29, 0.717) is 25.2 Å². The van der Waals surface area contributed by atoms with E-state index < -0.39 is 10.0 Å². The zero-order chi connectivity index (χ0) is 15.7. The second-order valence-electron chi connectivity index (χ2n) is 5.39. The molecule has 0 bridgehead atoms. The third-order valence-corrected chi connectivity index (χ3v) is 5.58. The molecule has 7 nitrogen and oxygen atoms in total. The molecule has 1 saturated heterocycles. The minimum absolute atomic E-state index is 0.0826. The maximum absolute atomic E-state index is 12.4. The summed E-state index contributed by atoms with van der Waals surface area (Å²) in [5, 5.41) is 4.02. The molecular formula is C14H16N4O3S. The fraction of sp³-hybridized carbons (Fsp3) is 0.357. The lowest BCUT2D eigenvalue weighted by molar-refractivity contribution is 0.101. The predicted octanol–water partition coefficient (Wildman–Crippen LogP) is 0.801. The van der Waals surface area contributed by atoms with Gasteiger partial charge in [-0.05, 0) is 19.1 Å². The Morgan fingerprint density at radius 3 is 2.50 bits per heavy atom. The van der Waals surface area contributed by atoms with Crippen LogP contribution in [0.15, 0.2) is 41.8 Å². The number of Topliss-reactive ketones (excluding diaryl/α,β-unsaturated/α-hetero) is 1. The van der Waals surface area contributed by atoms with Crippen LogP contribution in [0.4, 0.5) is 0 Å². The van der Waals surface area contributed by atoms with Gasteiger partial charge in [0.1, 0.15) is 12.7 Å². The number of ketones is 1. The van der Waals surface area contributed by atoms with Crippen molar-refractivity contribution in [2.75, 3.05) is 13.1 Å². The zero-order valence-electron chi connectivity index (χ0n) is 12.1. The summed E-state index contributed by atoms with van der Waals surface area (Å²) in [6.07, 6.45) is 3.08. The molecule has 3 rings (SSSR count). The minimum Gasteiger partial charge on any atom is -0.295 e. The quantitative estimate of drug-likeness (QED) is 0.761. The highest BCUT2D eigenvalue weighted by atomic mass is 32.2. The standard InChI is InChI=1S/C14H16N4O3S/c1-11(19)13-2-4-14(5-3-13)22(20,21)18-7-12(8-18)6-17-10-15-9-16-17/h2-5,9-10,12H,6-8H2,1H3. The van der Waals surface area contributed by atoms with Crippen molar-refractivity contribution < 1.29 is 13.2 Å². The number of nitrogens with zero attached hydrogens (tertiary/aromatic N) is 4. The molecule has 1 aromatic carbocycles. The maximum Gasteiger partial charge on any atom is 0.243 e. The summed E-state index contributed by atoms with van der Waals surface area (Å²) in [5.41, 5.74) is 0.506. The van der Waals surface area contributed by atoms with Crippen LogP contribution in [0.1, 0.15) is 17.3 Å². The number of sulfonamides is 1. The van der Waals surface area contributed by atoms with E-state index >= 15 is 0 Å². The van der Waals surface area contributed by atoms with Gasteiger partial charge in [-0.25, -0.2) is 13.4 Å². The van der Waals surface area contributed by atoms with E-state index in [2.05, 4.69) is 10.1 Å². The molecule has 22 heavy (non-hydrogen) atoms. The summed E-state index contributed by atoms with van der Waals surface area (Å²) in [7, 11) is -3.48. The SMILES string of the molecule is CC(=O)c1ccc(S(=O)(=O)N2CC(Cn3cncn3)C2)cc1. The molecular weight excluding hydrogens is 304 g/mol. The highest BCUT2D eigenvalue weighted by Gasteiger charge is 2.36. The van der Waals surface area contributed by atoms with Gasteiger partial charge in [0.05, 0.1) is 4.90 Å². The van der Waals surface area contributed by atoms with Gasteiger partial charge in [0.25, 0.3) is 0 Å². The first kappa shape index (κ1) is 14.9. The molecule has 2 heterocycles. The number of hydrogen-bond acceptors (Lipinski definition) is 5. The number of aromatic nitrogens is 3. The number of rotatable bonds is 5. The number of carbonyl (C=O) groups excluding carboxylic acids is 1. The summed E-state index contributed by atoms with van der Waals surface area (Å²) in [6.45, 7) is 3.05. The largest absolute Gasteiger partial charge is 0.295 e. The Bertz CT molecular complexity index is 763. The van der Waals surface area contributed by atoms with E-state index in [0.717, 1.165) is 0 Å². The van der Waals surface area contributed by atoms with Crippen LogP contribution in [0.25, 0.3) is 0 Å². The fourth-order valence-electron chi connectivity index (χ4n) is 2.44. The molecule has 1 fully saturated rings. The predicted molar refractivity (Wildman–Crippen MR) is 78.7 cm³/mol. The number of hydrogen-bond donors (Lipinski definition) is 0. The van der Waals surface area contributed by atoms with Crippen molar-refractivity contribution in [3.05, 3.63) is 42.5 Å². The van der Waals surface area contributed by atoms with E-state index in [4.69, 9.17) is 0 Å². The molecule has 1 aliphatic rings. The highest BCUT2D eigenvalue weighted by molar-refractivity contribution is 7.89. The van der Waals surface area contributed by atoms with Gasteiger partial charge in [-0.1, -0.05) is 12.1 Å². The molecule has 0 radical (unpaired) electrons. The van der Waals surface area contributed by atoms with Gasteiger partial charge in [-0.3, -0.25) is 9.48 Å². The first-order valence-corrected chi connectivity index (χ1v) is 8.34. The number of benzene rings is 1. The van der Waals surface area contributed by atoms with Gasteiger partial charge in [0, 0.05) is 31.1 Å². The summed E-state index contributed by atoms with van der Waals surface area (Å²) in [5.74, 6) is 0.161. The van der Waals surface area contributed by atoms with Crippen LogP contribution in [0.3, 0.4) is 0 Å². The maximum atomic E-state index is 12.4. The fourth-order valence-corrected chi connectivity index (χ4v) is 4.03. The molecule has 0 aliphatic carbocycles. The molecule has 0 amide bonds. The van der Waals surface area contributed by atoms with E-state index in [9.17, 15) is 13.2 Å².